The normalized spacial score (nSPS) is 15.2. The van der Waals surface area contributed by atoms with Gasteiger partial charge in [0.05, 0.1) is 0 Å². The van der Waals surface area contributed by atoms with Crippen molar-refractivity contribution in [1.82, 2.24) is 10.2 Å². The molecule has 1 aliphatic heterocycles. The van der Waals surface area contributed by atoms with Crippen LogP contribution in [0.2, 0.25) is 0 Å². The second-order valence-electron chi connectivity index (χ2n) is 4.42. The maximum atomic E-state index is 11.1. The van der Waals surface area contributed by atoms with Crippen molar-refractivity contribution < 1.29 is 9.90 Å². The number of aromatic nitrogens is 2. The standard InChI is InChI=1S/C13H13N3O2/c17-13(18)11-9-5-1-2-6-10(9)12(15-14-11)16-7-3-4-8-16/h1-2,5-6H,3-4,7-8H2,(H,17,18). The van der Waals surface area contributed by atoms with Gasteiger partial charge >= 0.3 is 5.97 Å². The van der Waals surface area contributed by atoms with Crippen LogP contribution in [0.4, 0.5) is 5.82 Å². The molecule has 0 amide bonds. The minimum absolute atomic E-state index is 0.0218. The van der Waals surface area contributed by atoms with Crippen molar-refractivity contribution in [2.24, 2.45) is 0 Å². The van der Waals surface area contributed by atoms with Gasteiger partial charge in [-0.15, -0.1) is 10.2 Å². The van der Waals surface area contributed by atoms with E-state index >= 15 is 0 Å². The van der Waals surface area contributed by atoms with E-state index in [0.717, 1.165) is 37.1 Å². The minimum atomic E-state index is -1.04. The summed E-state index contributed by atoms with van der Waals surface area (Å²) in [6, 6.07) is 7.41. The smallest absolute Gasteiger partial charge is 0.357 e. The number of nitrogens with zero attached hydrogens (tertiary/aromatic N) is 3. The molecule has 1 aromatic heterocycles. The largest absolute Gasteiger partial charge is 0.476 e. The number of carbonyl (C=O) groups is 1. The Hall–Kier alpha value is -2.17. The lowest BCUT2D eigenvalue weighted by Gasteiger charge is -2.17. The molecule has 0 bridgehead atoms. The fourth-order valence-electron chi connectivity index (χ4n) is 2.41. The first-order chi connectivity index (χ1) is 8.77. The number of rotatable bonds is 2. The summed E-state index contributed by atoms with van der Waals surface area (Å²) < 4.78 is 0. The van der Waals surface area contributed by atoms with Gasteiger partial charge < -0.3 is 10.0 Å². The van der Waals surface area contributed by atoms with Crippen molar-refractivity contribution in [3.8, 4) is 0 Å². The SMILES string of the molecule is O=C(O)c1nnc(N2CCCC2)c2ccccc12. The average molecular weight is 243 g/mol. The minimum Gasteiger partial charge on any atom is -0.476 e. The van der Waals surface area contributed by atoms with Crippen molar-refractivity contribution in [3.63, 3.8) is 0 Å². The van der Waals surface area contributed by atoms with E-state index in [9.17, 15) is 4.79 Å². The van der Waals surface area contributed by atoms with E-state index in [0.29, 0.717) is 5.39 Å². The van der Waals surface area contributed by atoms with Gasteiger partial charge in [-0.25, -0.2) is 4.79 Å². The highest BCUT2D eigenvalue weighted by atomic mass is 16.4. The molecular formula is C13H13N3O2. The Morgan fingerprint density at radius 1 is 1.11 bits per heavy atom. The van der Waals surface area contributed by atoms with Crippen molar-refractivity contribution in [3.05, 3.63) is 30.0 Å². The number of hydrogen-bond donors (Lipinski definition) is 1. The third-order valence-corrected chi connectivity index (χ3v) is 3.28. The van der Waals surface area contributed by atoms with E-state index in [1.165, 1.54) is 0 Å². The van der Waals surface area contributed by atoms with Crippen LogP contribution in [0, 0.1) is 0 Å². The zero-order valence-electron chi connectivity index (χ0n) is 9.83. The van der Waals surface area contributed by atoms with Crippen LogP contribution in [0.5, 0.6) is 0 Å². The van der Waals surface area contributed by atoms with Crippen LogP contribution in [0.1, 0.15) is 23.3 Å². The monoisotopic (exact) mass is 243 g/mol. The number of carboxylic acids is 1. The molecule has 92 valence electrons. The maximum Gasteiger partial charge on any atom is 0.357 e. The summed E-state index contributed by atoms with van der Waals surface area (Å²) in [6.07, 6.45) is 2.30. The molecule has 0 saturated carbocycles. The number of carboxylic acid groups (broad SMARTS) is 1. The molecule has 18 heavy (non-hydrogen) atoms. The number of hydrogen-bond acceptors (Lipinski definition) is 4. The number of anilines is 1. The molecule has 1 saturated heterocycles. The second-order valence-corrected chi connectivity index (χ2v) is 4.42. The Bertz CT molecular complexity index is 606. The summed E-state index contributed by atoms with van der Waals surface area (Å²) in [5.41, 5.74) is 0.0218. The highest BCUT2D eigenvalue weighted by Crippen LogP contribution is 2.27. The van der Waals surface area contributed by atoms with Crippen molar-refractivity contribution in [1.29, 1.82) is 0 Å². The van der Waals surface area contributed by atoms with Gasteiger partial charge in [-0.05, 0) is 12.8 Å². The van der Waals surface area contributed by atoms with Crippen molar-refractivity contribution >= 4 is 22.6 Å². The highest BCUT2D eigenvalue weighted by molar-refractivity contribution is 6.04. The zero-order chi connectivity index (χ0) is 12.5. The summed E-state index contributed by atoms with van der Waals surface area (Å²) in [7, 11) is 0. The Morgan fingerprint density at radius 2 is 1.78 bits per heavy atom. The summed E-state index contributed by atoms with van der Waals surface area (Å²) in [5, 5.41) is 18.6. The molecule has 1 aromatic carbocycles. The average Bonchev–Trinajstić information content (AvgIpc) is 2.91. The third kappa shape index (κ3) is 1.68. The predicted molar refractivity (Wildman–Crippen MR) is 67.9 cm³/mol. The Kier molecular flexibility index (Phi) is 2.59. The van der Waals surface area contributed by atoms with E-state index in [4.69, 9.17) is 5.11 Å². The van der Waals surface area contributed by atoms with E-state index < -0.39 is 5.97 Å². The van der Waals surface area contributed by atoms with E-state index in [1.54, 1.807) is 6.07 Å². The summed E-state index contributed by atoms with van der Waals surface area (Å²) in [5.74, 6) is -0.236. The van der Waals surface area contributed by atoms with E-state index in [2.05, 4.69) is 15.1 Å². The van der Waals surface area contributed by atoms with Gasteiger partial charge in [-0.2, -0.15) is 0 Å². The third-order valence-electron chi connectivity index (χ3n) is 3.28. The molecule has 3 rings (SSSR count). The first-order valence-corrected chi connectivity index (χ1v) is 6.01. The van der Waals surface area contributed by atoms with Gasteiger partial charge in [0.25, 0.3) is 0 Å². The Labute approximate surface area is 104 Å². The highest BCUT2D eigenvalue weighted by Gasteiger charge is 2.20. The summed E-state index contributed by atoms with van der Waals surface area (Å²) in [6.45, 7) is 1.93. The number of fused-ring (bicyclic) bond motifs is 1. The lowest BCUT2D eigenvalue weighted by Crippen LogP contribution is -2.20. The molecule has 0 spiro atoms. The van der Waals surface area contributed by atoms with Gasteiger partial charge in [-0.1, -0.05) is 24.3 Å². The molecule has 0 aliphatic carbocycles. The Morgan fingerprint density at radius 3 is 2.44 bits per heavy atom. The van der Waals surface area contributed by atoms with Crippen LogP contribution in [-0.2, 0) is 0 Å². The molecule has 1 N–H and O–H groups in total. The molecule has 2 heterocycles. The van der Waals surface area contributed by atoms with Gasteiger partial charge in [-0.3, -0.25) is 0 Å². The van der Waals surface area contributed by atoms with Gasteiger partial charge in [0.1, 0.15) is 0 Å². The molecule has 0 radical (unpaired) electrons. The van der Waals surface area contributed by atoms with Crippen molar-refractivity contribution in [2.45, 2.75) is 12.8 Å². The molecule has 1 aliphatic rings. The maximum absolute atomic E-state index is 11.1. The molecule has 2 aromatic rings. The quantitative estimate of drug-likeness (QED) is 0.873. The molecule has 1 fully saturated rings. The fraction of sp³-hybridized carbons (Fsp3) is 0.308. The molecule has 0 atom stereocenters. The molecule has 5 nitrogen and oxygen atoms in total. The van der Waals surface area contributed by atoms with E-state index in [-0.39, 0.29) is 5.69 Å². The van der Waals surface area contributed by atoms with Crippen LogP contribution in [0.15, 0.2) is 24.3 Å². The number of benzene rings is 1. The summed E-state index contributed by atoms with van der Waals surface area (Å²) >= 11 is 0. The lowest BCUT2D eigenvalue weighted by atomic mass is 10.1. The first-order valence-electron chi connectivity index (χ1n) is 6.01. The second kappa shape index (κ2) is 4.25. The van der Waals surface area contributed by atoms with E-state index in [1.807, 2.05) is 18.2 Å². The molecular weight excluding hydrogens is 230 g/mol. The van der Waals surface area contributed by atoms with Gasteiger partial charge in [0.2, 0.25) is 0 Å². The van der Waals surface area contributed by atoms with Gasteiger partial charge in [0.15, 0.2) is 11.5 Å². The van der Waals surface area contributed by atoms with Crippen LogP contribution in [-0.4, -0.2) is 34.4 Å². The molecule has 0 unspecified atom stereocenters. The zero-order valence-corrected chi connectivity index (χ0v) is 9.83. The number of aromatic carboxylic acids is 1. The van der Waals surface area contributed by atoms with Crippen molar-refractivity contribution in [2.75, 3.05) is 18.0 Å². The van der Waals surface area contributed by atoms with Crippen LogP contribution in [0.3, 0.4) is 0 Å². The molecule has 5 heteroatoms. The first kappa shape index (κ1) is 11.0. The topological polar surface area (TPSA) is 66.3 Å². The van der Waals surface area contributed by atoms with Crippen LogP contribution < -0.4 is 4.90 Å². The lowest BCUT2D eigenvalue weighted by molar-refractivity contribution is 0.0691. The Balaban J connectivity index is 2.22. The predicted octanol–water partition coefficient (Wildman–Crippen LogP) is 1.93. The van der Waals surface area contributed by atoms with Crippen LogP contribution >= 0.6 is 0 Å². The van der Waals surface area contributed by atoms with Gasteiger partial charge in [0, 0.05) is 23.9 Å². The van der Waals surface area contributed by atoms with Crippen LogP contribution in [0.25, 0.3) is 10.8 Å². The summed E-state index contributed by atoms with van der Waals surface area (Å²) in [4.78, 5) is 13.3. The fourth-order valence-corrected chi connectivity index (χ4v) is 2.41.